The summed E-state index contributed by atoms with van der Waals surface area (Å²) in [5, 5.41) is 3.59. The van der Waals surface area contributed by atoms with Crippen molar-refractivity contribution in [3.05, 3.63) is 17.5 Å². The number of methoxy groups -OCH3 is 1. The predicted molar refractivity (Wildman–Crippen MR) is 41.8 cm³/mol. The van der Waals surface area contributed by atoms with Crippen molar-refractivity contribution in [3.8, 4) is 0 Å². The Morgan fingerprint density at radius 2 is 2.46 bits per heavy atom. The number of nitrogens with zero attached hydrogens (tertiary/aromatic N) is 1. The summed E-state index contributed by atoms with van der Waals surface area (Å²) in [5.41, 5.74) is 0.462. The molecule has 7 heteroatoms. The van der Waals surface area contributed by atoms with Crippen LogP contribution in [0.1, 0.15) is 11.5 Å². The summed E-state index contributed by atoms with van der Waals surface area (Å²) in [7, 11) is -1.05. The summed E-state index contributed by atoms with van der Waals surface area (Å²) in [6, 6.07) is 1.60. The molecule has 0 spiro atoms. The van der Waals surface area contributed by atoms with E-state index in [1.165, 1.54) is 7.11 Å². The van der Waals surface area contributed by atoms with Gasteiger partial charge in [-0.15, -0.1) is 9.42 Å². The minimum Gasteiger partial charge on any atom is -0.377 e. The molecule has 1 unspecified atom stereocenters. The van der Waals surface area contributed by atoms with E-state index in [4.69, 9.17) is 14.2 Å². The summed E-state index contributed by atoms with van der Waals surface area (Å²) in [6.45, 7) is 0.275. The number of hydrogen-bond donors (Lipinski definition) is 1. The highest BCUT2D eigenvalue weighted by molar-refractivity contribution is 7.32. The van der Waals surface area contributed by atoms with E-state index in [0.29, 0.717) is 18.1 Å². The fourth-order valence-corrected chi connectivity index (χ4v) is 0.998. The highest BCUT2D eigenvalue weighted by Gasteiger charge is 2.14. The molecule has 0 aliphatic heterocycles. The van der Waals surface area contributed by atoms with Crippen molar-refractivity contribution in [2.45, 2.75) is 13.2 Å². The first-order valence-corrected chi connectivity index (χ1v) is 4.58. The van der Waals surface area contributed by atoms with E-state index in [0.717, 1.165) is 0 Å². The third kappa shape index (κ3) is 3.61. The van der Waals surface area contributed by atoms with E-state index >= 15 is 0 Å². The van der Waals surface area contributed by atoms with Gasteiger partial charge >= 0.3 is 8.25 Å². The van der Waals surface area contributed by atoms with Crippen molar-refractivity contribution in [2.75, 3.05) is 7.11 Å². The molecule has 0 amide bonds. The summed E-state index contributed by atoms with van der Waals surface area (Å²) in [5.74, 6) is 0.550. The van der Waals surface area contributed by atoms with Gasteiger partial charge in [-0.05, 0) is 0 Å². The molecular formula is C6H9NO5P+. The van der Waals surface area contributed by atoms with Crippen molar-refractivity contribution in [1.82, 2.24) is 5.16 Å². The topological polar surface area (TPSA) is 81.8 Å². The van der Waals surface area contributed by atoms with Crippen LogP contribution in [-0.4, -0.2) is 17.2 Å². The molecule has 1 rings (SSSR count). The van der Waals surface area contributed by atoms with Gasteiger partial charge in [0.2, 0.25) is 0 Å². The monoisotopic (exact) mass is 206 g/mol. The first kappa shape index (κ1) is 10.3. The molecule has 0 aliphatic rings. The smallest absolute Gasteiger partial charge is 0.377 e. The third-order valence-electron chi connectivity index (χ3n) is 1.22. The van der Waals surface area contributed by atoms with Crippen LogP contribution in [0.15, 0.2) is 10.6 Å². The predicted octanol–water partition coefficient (Wildman–Crippen LogP) is 0.987. The zero-order valence-corrected chi connectivity index (χ0v) is 7.86. The molecule has 0 fully saturated rings. The van der Waals surface area contributed by atoms with Crippen LogP contribution in [0.3, 0.4) is 0 Å². The normalized spacial score (nSPS) is 11.7. The first-order valence-electron chi connectivity index (χ1n) is 3.45. The summed E-state index contributed by atoms with van der Waals surface area (Å²) >= 11 is 0. The van der Waals surface area contributed by atoms with Crippen molar-refractivity contribution in [2.24, 2.45) is 0 Å². The number of aromatic nitrogens is 1. The van der Waals surface area contributed by atoms with Gasteiger partial charge in [-0.3, -0.25) is 0 Å². The Labute approximate surface area is 75.4 Å². The molecule has 0 aromatic carbocycles. The summed E-state index contributed by atoms with van der Waals surface area (Å²) < 4.78 is 24.2. The lowest BCUT2D eigenvalue weighted by Crippen LogP contribution is -1.85. The second-order valence-electron chi connectivity index (χ2n) is 2.23. The standard InChI is InChI=1S/C6H8NO5P/c1-10-4-6-2-5(7-12-6)3-11-13(8)9/h2H,3-4H2,1H3/p+1. The van der Waals surface area contributed by atoms with E-state index in [9.17, 15) is 4.57 Å². The molecule has 13 heavy (non-hydrogen) atoms. The first-order chi connectivity index (χ1) is 6.22. The van der Waals surface area contributed by atoms with Gasteiger partial charge in [0.05, 0.1) is 0 Å². The van der Waals surface area contributed by atoms with Gasteiger partial charge in [-0.25, -0.2) is 0 Å². The minimum absolute atomic E-state index is 0.0427. The van der Waals surface area contributed by atoms with E-state index in [1.807, 2.05) is 0 Å². The van der Waals surface area contributed by atoms with E-state index in [1.54, 1.807) is 6.07 Å². The van der Waals surface area contributed by atoms with Gasteiger partial charge in [0, 0.05) is 17.7 Å². The molecule has 0 saturated carbocycles. The minimum atomic E-state index is -2.59. The van der Waals surface area contributed by atoms with Crippen LogP contribution in [0.25, 0.3) is 0 Å². The molecule has 0 radical (unpaired) electrons. The molecule has 1 heterocycles. The van der Waals surface area contributed by atoms with Crippen molar-refractivity contribution in [1.29, 1.82) is 0 Å². The Kier molecular flexibility index (Phi) is 3.98. The van der Waals surface area contributed by atoms with Crippen molar-refractivity contribution >= 4 is 8.25 Å². The molecule has 0 saturated heterocycles. The number of ether oxygens (including phenoxy) is 1. The number of hydrogen-bond acceptors (Lipinski definition) is 5. The fraction of sp³-hybridized carbons (Fsp3) is 0.500. The van der Waals surface area contributed by atoms with Crippen LogP contribution in [0, 0.1) is 0 Å². The highest BCUT2D eigenvalue weighted by Crippen LogP contribution is 2.17. The Morgan fingerprint density at radius 3 is 3.08 bits per heavy atom. The Hall–Kier alpha value is -0.810. The summed E-state index contributed by atoms with van der Waals surface area (Å²) in [6.07, 6.45) is 0. The molecular weight excluding hydrogens is 197 g/mol. The van der Waals surface area contributed by atoms with Gasteiger partial charge in [0.1, 0.15) is 12.3 Å². The average Bonchev–Trinajstić information content (AvgIpc) is 2.50. The Morgan fingerprint density at radius 1 is 1.69 bits per heavy atom. The zero-order chi connectivity index (χ0) is 9.68. The van der Waals surface area contributed by atoms with E-state index < -0.39 is 8.25 Å². The number of rotatable bonds is 5. The van der Waals surface area contributed by atoms with E-state index in [2.05, 4.69) is 9.68 Å². The lowest BCUT2D eigenvalue weighted by Gasteiger charge is -1.87. The second-order valence-corrected chi connectivity index (χ2v) is 2.96. The quantitative estimate of drug-likeness (QED) is 0.723. The molecule has 1 N–H and O–H groups in total. The highest BCUT2D eigenvalue weighted by atomic mass is 31.1. The average molecular weight is 206 g/mol. The van der Waals surface area contributed by atoms with Crippen LogP contribution in [-0.2, 0) is 27.0 Å². The largest absolute Gasteiger partial charge is 0.695 e. The fourth-order valence-electron chi connectivity index (χ4n) is 0.755. The lowest BCUT2D eigenvalue weighted by molar-refractivity contribution is 0.155. The van der Waals surface area contributed by atoms with Gasteiger partial charge in [0.25, 0.3) is 0 Å². The zero-order valence-electron chi connectivity index (χ0n) is 6.97. The lowest BCUT2D eigenvalue weighted by atomic mass is 10.4. The third-order valence-corrected chi connectivity index (χ3v) is 1.57. The maximum absolute atomic E-state index is 10.1. The molecule has 1 aromatic heterocycles. The molecule has 0 bridgehead atoms. The maximum atomic E-state index is 10.1. The van der Waals surface area contributed by atoms with Gasteiger partial charge in [-0.1, -0.05) is 5.16 Å². The van der Waals surface area contributed by atoms with Crippen LogP contribution >= 0.6 is 8.25 Å². The van der Waals surface area contributed by atoms with Gasteiger partial charge < -0.3 is 9.26 Å². The molecule has 0 aliphatic carbocycles. The van der Waals surface area contributed by atoms with Gasteiger partial charge in [-0.2, -0.15) is 0 Å². The Bertz CT molecular complexity index is 286. The molecule has 72 valence electrons. The van der Waals surface area contributed by atoms with Crippen LogP contribution in [0.5, 0.6) is 0 Å². The molecule has 1 aromatic rings. The van der Waals surface area contributed by atoms with Gasteiger partial charge in [0.15, 0.2) is 12.4 Å². The van der Waals surface area contributed by atoms with E-state index in [-0.39, 0.29) is 6.61 Å². The SMILES string of the molecule is COCc1cc(CO[P+](=O)O)no1. The Balaban J connectivity index is 2.44. The van der Waals surface area contributed by atoms with Crippen LogP contribution in [0.4, 0.5) is 0 Å². The van der Waals surface area contributed by atoms with Crippen LogP contribution in [0.2, 0.25) is 0 Å². The second kappa shape index (κ2) is 5.04. The van der Waals surface area contributed by atoms with Crippen molar-refractivity contribution < 1.29 is 23.2 Å². The molecule has 1 atom stereocenters. The summed E-state index contributed by atoms with van der Waals surface area (Å²) in [4.78, 5) is 8.33. The maximum Gasteiger partial charge on any atom is 0.695 e. The molecule has 6 nitrogen and oxygen atoms in total. The van der Waals surface area contributed by atoms with Crippen LogP contribution < -0.4 is 0 Å². The van der Waals surface area contributed by atoms with Crippen molar-refractivity contribution in [3.63, 3.8) is 0 Å².